The Hall–Kier alpha value is -3.34. The Morgan fingerprint density at radius 1 is 0.939 bits per heavy atom. The number of hydrogen-bond donors (Lipinski definition) is 0. The molecule has 2 aromatic carbocycles. The molecule has 2 amide bonds. The molecular weight excluding hydrogens is 410 g/mol. The lowest BCUT2D eigenvalue weighted by atomic mass is 9.96. The number of fused-ring (bicyclic) bond motifs is 3. The van der Waals surface area contributed by atoms with Gasteiger partial charge in [-0.25, -0.2) is 0 Å². The number of carbonyl (C=O) groups excluding carboxylic acids is 2. The molecule has 0 fully saturated rings. The van der Waals surface area contributed by atoms with Gasteiger partial charge in [0.15, 0.2) is 0 Å². The van der Waals surface area contributed by atoms with Gasteiger partial charge >= 0.3 is 0 Å². The third kappa shape index (κ3) is 4.58. The summed E-state index contributed by atoms with van der Waals surface area (Å²) in [7, 11) is 0. The van der Waals surface area contributed by atoms with Crippen LogP contribution in [0.1, 0.15) is 62.4 Å². The summed E-state index contributed by atoms with van der Waals surface area (Å²) < 4.78 is 2.17. The SMILES string of the molecule is CCCCN(CC(=O)N1c2ccccc2-n2cccc2C1c1cccc(C)c1)C(=O)CCC. The highest BCUT2D eigenvalue weighted by Crippen LogP contribution is 2.42. The van der Waals surface area contributed by atoms with E-state index in [4.69, 9.17) is 0 Å². The first kappa shape index (κ1) is 22.8. The van der Waals surface area contributed by atoms with Crippen molar-refractivity contribution in [2.24, 2.45) is 0 Å². The van der Waals surface area contributed by atoms with Gasteiger partial charge in [-0.05, 0) is 49.6 Å². The van der Waals surface area contributed by atoms with Gasteiger partial charge in [-0.15, -0.1) is 0 Å². The molecule has 0 saturated carbocycles. The quantitative estimate of drug-likeness (QED) is 0.452. The molecule has 172 valence electrons. The molecule has 2 heterocycles. The van der Waals surface area contributed by atoms with Gasteiger partial charge in [0.2, 0.25) is 11.8 Å². The van der Waals surface area contributed by atoms with Gasteiger partial charge in [0.1, 0.15) is 12.6 Å². The molecule has 1 unspecified atom stereocenters. The summed E-state index contributed by atoms with van der Waals surface area (Å²) in [4.78, 5) is 30.4. The van der Waals surface area contributed by atoms with Gasteiger partial charge in [-0.1, -0.05) is 62.2 Å². The van der Waals surface area contributed by atoms with Crippen molar-refractivity contribution in [3.63, 3.8) is 0 Å². The number of carbonyl (C=O) groups is 2. The fraction of sp³-hybridized carbons (Fsp3) is 0.357. The highest BCUT2D eigenvalue weighted by Gasteiger charge is 2.36. The highest BCUT2D eigenvalue weighted by atomic mass is 16.2. The van der Waals surface area contributed by atoms with Crippen molar-refractivity contribution in [2.75, 3.05) is 18.0 Å². The largest absolute Gasteiger partial charge is 0.333 e. The third-order valence-electron chi connectivity index (χ3n) is 6.27. The number of benzene rings is 2. The minimum atomic E-state index is -0.253. The standard InChI is InChI=1S/C28H33N3O2/c1-4-6-17-29(26(32)11-5-2)20-27(33)31-24-15-8-7-14-23(24)30-18-10-16-25(30)28(31)22-13-9-12-21(3)19-22/h7-10,12-16,18-19,28H,4-6,11,17,20H2,1-3H3. The molecule has 0 radical (unpaired) electrons. The van der Waals surface area contributed by atoms with Crippen LogP contribution in [-0.4, -0.2) is 34.4 Å². The molecule has 1 aromatic heterocycles. The van der Waals surface area contributed by atoms with Crippen LogP contribution in [0.2, 0.25) is 0 Å². The van der Waals surface area contributed by atoms with Gasteiger partial charge in [0, 0.05) is 19.2 Å². The highest BCUT2D eigenvalue weighted by molar-refractivity contribution is 6.00. The van der Waals surface area contributed by atoms with Gasteiger partial charge < -0.3 is 9.47 Å². The summed E-state index contributed by atoms with van der Waals surface area (Å²) in [6, 6.07) is 20.2. The third-order valence-corrected chi connectivity index (χ3v) is 6.27. The topological polar surface area (TPSA) is 45.6 Å². The molecule has 33 heavy (non-hydrogen) atoms. The number of para-hydroxylation sites is 2. The first-order valence-corrected chi connectivity index (χ1v) is 12.0. The van der Waals surface area contributed by atoms with Crippen molar-refractivity contribution >= 4 is 17.5 Å². The van der Waals surface area contributed by atoms with Crippen LogP contribution in [0, 0.1) is 6.92 Å². The fourth-order valence-corrected chi connectivity index (χ4v) is 4.67. The van der Waals surface area contributed by atoms with E-state index in [9.17, 15) is 9.59 Å². The molecule has 0 bridgehead atoms. The van der Waals surface area contributed by atoms with E-state index in [1.165, 1.54) is 0 Å². The molecule has 1 aliphatic rings. The predicted molar refractivity (Wildman–Crippen MR) is 133 cm³/mol. The van der Waals surface area contributed by atoms with Crippen LogP contribution in [0.3, 0.4) is 0 Å². The van der Waals surface area contributed by atoms with E-state index in [1.807, 2.05) is 48.2 Å². The molecule has 5 heteroatoms. The molecule has 0 N–H and O–H groups in total. The summed E-state index contributed by atoms with van der Waals surface area (Å²) >= 11 is 0. The molecule has 0 spiro atoms. The Kier molecular flexibility index (Phi) is 6.97. The van der Waals surface area contributed by atoms with Crippen molar-refractivity contribution in [1.29, 1.82) is 0 Å². The van der Waals surface area contributed by atoms with Crippen molar-refractivity contribution in [3.05, 3.63) is 83.7 Å². The zero-order chi connectivity index (χ0) is 23.4. The molecule has 4 rings (SSSR count). The number of unbranched alkanes of at least 4 members (excludes halogenated alkanes) is 1. The van der Waals surface area contributed by atoms with Crippen LogP contribution >= 0.6 is 0 Å². The van der Waals surface area contributed by atoms with Crippen LogP contribution in [0.4, 0.5) is 5.69 Å². The Morgan fingerprint density at radius 2 is 1.73 bits per heavy atom. The average Bonchev–Trinajstić information content (AvgIpc) is 3.30. The first-order valence-electron chi connectivity index (χ1n) is 12.0. The second-order valence-corrected chi connectivity index (χ2v) is 8.79. The number of rotatable bonds is 8. The zero-order valence-electron chi connectivity index (χ0n) is 19.8. The number of aromatic nitrogens is 1. The Morgan fingerprint density at radius 3 is 2.45 bits per heavy atom. The van der Waals surface area contributed by atoms with Gasteiger partial charge in [-0.3, -0.25) is 14.5 Å². The first-order chi connectivity index (χ1) is 16.0. The second kappa shape index (κ2) is 10.1. The lowest BCUT2D eigenvalue weighted by Gasteiger charge is -2.39. The van der Waals surface area contributed by atoms with Crippen molar-refractivity contribution in [1.82, 2.24) is 9.47 Å². The van der Waals surface area contributed by atoms with E-state index in [0.717, 1.165) is 47.5 Å². The Balaban J connectivity index is 1.77. The van der Waals surface area contributed by atoms with E-state index in [1.54, 1.807) is 4.90 Å². The summed E-state index contributed by atoms with van der Waals surface area (Å²) in [6.07, 6.45) is 5.18. The van der Waals surface area contributed by atoms with E-state index < -0.39 is 0 Å². The number of aryl methyl sites for hydroxylation is 1. The molecule has 0 aliphatic carbocycles. The molecule has 3 aromatic rings. The summed E-state index contributed by atoms with van der Waals surface area (Å²) in [5.74, 6) is 0.00189. The van der Waals surface area contributed by atoms with E-state index in [0.29, 0.717) is 13.0 Å². The lowest BCUT2D eigenvalue weighted by Crippen LogP contribution is -2.47. The molecule has 1 atom stereocenters. The number of hydrogen-bond acceptors (Lipinski definition) is 2. The Labute approximate surface area is 196 Å². The monoisotopic (exact) mass is 443 g/mol. The van der Waals surface area contributed by atoms with Crippen LogP contribution in [-0.2, 0) is 9.59 Å². The average molecular weight is 444 g/mol. The fourth-order valence-electron chi connectivity index (χ4n) is 4.67. The van der Waals surface area contributed by atoms with Crippen LogP contribution in [0.25, 0.3) is 5.69 Å². The minimum absolute atomic E-state index is 0.0537. The zero-order valence-corrected chi connectivity index (χ0v) is 19.8. The van der Waals surface area contributed by atoms with Crippen molar-refractivity contribution in [3.8, 4) is 5.69 Å². The number of amides is 2. The van der Waals surface area contributed by atoms with E-state index in [2.05, 4.69) is 48.9 Å². The maximum absolute atomic E-state index is 14.0. The normalized spacial score (nSPS) is 14.5. The van der Waals surface area contributed by atoms with Crippen LogP contribution in [0.5, 0.6) is 0 Å². The number of nitrogens with zero attached hydrogens (tertiary/aromatic N) is 3. The van der Waals surface area contributed by atoms with Gasteiger partial charge in [-0.2, -0.15) is 0 Å². The van der Waals surface area contributed by atoms with E-state index >= 15 is 0 Å². The summed E-state index contributed by atoms with van der Waals surface area (Å²) in [6.45, 7) is 6.88. The predicted octanol–water partition coefficient (Wildman–Crippen LogP) is 5.65. The molecular formula is C28H33N3O2. The summed E-state index contributed by atoms with van der Waals surface area (Å²) in [5, 5.41) is 0. The van der Waals surface area contributed by atoms with Crippen molar-refractivity contribution in [2.45, 2.75) is 52.5 Å². The minimum Gasteiger partial charge on any atom is -0.333 e. The van der Waals surface area contributed by atoms with Crippen LogP contribution in [0.15, 0.2) is 66.9 Å². The molecule has 1 aliphatic heterocycles. The summed E-state index contributed by atoms with van der Waals surface area (Å²) in [5.41, 5.74) is 5.12. The second-order valence-electron chi connectivity index (χ2n) is 8.79. The molecule has 5 nitrogen and oxygen atoms in total. The Bertz CT molecular complexity index is 1130. The van der Waals surface area contributed by atoms with Crippen LogP contribution < -0.4 is 4.90 Å². The van der Waals surface area contributed by atoms with Gasteiger partial charge in [0.25, 0.3) is 0 Å². The lowest BCUT2D eigenvalue weighted by molar-refractivity contribution is -0.135. The number of anilines is 1. The van der Waals surface area contributed by atoms with E-state index in [-0.39, 0.29) is 24.4 Å². The maximum Gasteiger partial charge on any atom is 0.247 e. The van der Waals surface area contributed by atoms with Crippen molar-refractivity contribution < 1.29 is 9.59 Å². The van der Waals surface area contributed by atoms with Gasteiger partial charge in [0.05, 0.1) is 17.1 Å². The smallest absolute Gasteiger partial charge is 0.247 e. The maximum atomic E-state index is 14.0. The molecule has 0 saturated heterocycles.